The van der Waals surface area contributed by atoms with E-state index in [0.29, 0.717) is 24.6 Å². The van der Waals surface area contributed by atoms with Gasteiger partial charge >= 0.3 is 0 Å². The molecule has 6 nitrogen and oxygen atoms in total. The van der Waals surface area contributed by atoms with Crippen molar-refractivity contribution in [3.8, 4) is 0 Å². The van der Waals surface area contributed by atoms with Gasteiger partial charge in [0.1, 0.15) is 0 Å². The molecule has 4 rings (SSSR count). The van der Waals surface area contributed by atoms with Gasteiger partial charge in [-0.15, -0.1) is 0 Å². The fourth-order valence-electron chi connectivity index (χ4n) is 3.59. The fourth-order valence-corrected chi connectivity index (χ4v) is 3.59. The van der Waals surface area contributed by atoms with E-state index < -0.39 is 0 Å². The Morgan fingerprint density at radius 3 is 3.12 bits per heavy atom. The number of rotatable bonds is 4. The van der Waals surface area contributed by atoms with Gasteiger partial charge in [-0.25, -0.2) is 0 Å². The number of nitrogens with zero attached hydrogens (tertiary/aromatic N) is 3. The Kier molecular flexibility index (Phi) is 4.03. The molecule has 0 unspecified atom stereocenters. The number of amides is 1. The van der Waals surface area contributed by atoms with Gasteiger partial charge in [0.25, 0.3) is 0 Å². The number of H-pyrrole nitrogens is 1. The Morgan fingerprint density at radius 1 is 1.44 bits per heavy atom. The average molecular weight is 338 g/mol. The van der Waals surface area contributed by atoms with Crippen molar-refractivity contribution in [3.63, 3.8) is 0 Å². The molecular weight excluding hydrogens is 316 g/mol. The van der Waals surface area contributed by atoms with Crippen LogP contribution in [0, 0.1) is 6.92 Å². The first-order chi connectivity index (χ1) is 12.2. The molecule has 1 saturated heterocycles. The van der Waals surface area contributed by atoms with Gasteiger partial charge in [0, 0.05) is 30.1 Å². The van der Waals surface area contributed by atoms with Gasteiger partial charge in [0.05, 0.1) is 12.5 Å². The van der Waals surface area contributed by atoms with Crippen LogP contribution in [0.4, 0.5) is 0 Å². The molecule has 6 heteroatoms. The maximum Gasteiger partial charge on any atom is 0.227 e. The van der Waals surface area contributed by atoms with E-state index in [0.717, 1.165) is 35.9 Å². The van der Waals surface area contributed by atoms with Crippen LogP contribution >= 0.6 is 0 Å². The van der Waals surface area contributed by atoms with Crippen molar-refractivity contribution in [2.24, 2.45) is 0 Å². The van der Waals surface area contributed by atoms with E-state index in [9.17, 15) is 4.79 Å². The minimum absolute atomic E-state index is 0.0657. The van der Waals surface area contributed by atoms with Crippen LogP contribution < -0.4 is 0 Å². The first-order valence-electron chi connectivity index (χ1n) is 8.84. The number of benzene rings is 1. The molecule has 1 atom stereocenters. The van der Waals surface area contributed by atoms with E-state index in [2.05, 4.69) is 40.2 Å². The lowest BCUT2D eigenvalue weighted by atomic mass is 10.1. The zero-order chi connectivity index (χ0) is 17.4. The van der Waals surface area contributed by atoms with Gasteiger partial charge in [-0.05, 0) is 37.0 Å². The second kappa shape index (κ2) is 6.35. The third-order valence-electron chi connectivity index (χ3n) is 4.92. The molecule has 0 bridgehead atoms. The van der Waals surface area contributed by atoms with Crippen molar-refractivity contribution in [1.29, 1.82) is 0 Å². The number of fused-ring (bicyclic) bond motifs is 1. The van der Waals surface area contributed by atoms with Gasteiger partial charge in [0.15, 0.2) is 5.82 Å². The van der Waals surface area contributed by atoms with Crippen LogP contribution in [0.1, 0.15) is 48.6 Å². The summed E-state index contributed by atoms with van der Waals surface area (Å²) in [5, 5.41) is 5.19. The number of carbonyl (C=O) groups excluding carboxylic acids is 1. The summed E-state index contributed by atoms with van der Waals surface area (Å²) >= 11 is 0. The van der Waals surface area contributed by atoms with Crippen molar-refractivity contribution in [2.45, 2.75) is 45.6 Å². The highest BCUT2D eigenvalue weighted by Gasteiger charge is 2.33. The largest absolute Gasteiger partial charge is 0.361 e. The molecule has 1 fully saturated rings. The number of nitrogens with one attached hydrogen (secondary N) is 1. The van der Waals surface area contributed by atoms with Gasteiger partial charge in [0.2, 0.25) is 11.8 Å². The predicted octanol–water partition coefficient (Wildman–Crippen LogP) is 3.33. The lowest BCUT2D eigenvalue weighted by Gasteiger charge is -2.22. The molecule has 3 aromatic rings. The Balaban J connectivity index is 1.55. The second-order valence-electron chi connectivity index (χ2n) is 6.68. The van der Waals surface area contributed by atoms with Crippen LogP contribution in [0.25, 0.3) is 10.9 Å². The predicted molar refractivity (Wildman–Crippen MR) is 94.1 cm³/mol. The second-order valence-corrected chi connectivity index (χ2v) is 6.68. The molecule has 2 aromatic heterocycles. The SMILES string of the molecule is CCc1nc([C@@H]2CCCN2C(=O)Cc2c[nH]c3cc(C)ccc23)no1. The summed E-state index contributed by atoms with van der Waals surface area (Å²) in [4.78, 5) is 22.5. The molecule has 1 aliphatic heterocycles. The number of aromatic amines is 1. The standard InChI is InChI=1S/C19H22N4O2/c1-3-17-21-19(22-25-17)16-5-4-8-23(16)18(24)10-13-11-20-15-9-12(2)6-7-14(13)15/h6-7,9,11,16,20H,3-5,8,10H2,1-2H3/t16-/m0/s1. The Bertz CT molecular complexity index is 911. The van der Waals surface area contributed by atoms with E-state index in [-0.39, 0.29) is 11.9 Å². The maximum absolute atomic E-state index is 12.9. The number of carbonyl (C=O) groups is 1. The Hall–Kier alpha value is -2.63. The average Bonchev–Trinajstić information content (AvgIpc) is 3.33. The van der Waals surface area contributed by atoms with Crippen molar-refractivity contribution >= 4 is 16.8 Å². The van der Waals surface area contributed by atoms with Crippen molar-refractivity contribution in [3.05, 3.63) is 47.2 Å². The smallest absolute Gasteiger partial charge is 0.227 e. The molecule has 0 saturated carbocycles. The summed E-state index contributed by atoms with van der Waals surface area (Å²) in [6.07, 6.45) is 4.90. The molecule has 3 heterocycles. The molecule has 1 N–H and O–H groups in total. The molecule has 0 radical (unpaired) electrons. The van der Waals surface area contributed by atoms with E-state index in [1.165, 1.54) is 5.56 Å². The monoisotopic (exact) mass is 338 g/mol. The zero-order valence-electron chi connectivity index (χ0n) is 14.6. The van der Waals surface area contributed by atoms with E-state index in [1.807, 2.05) is 18.0 Å². The van der Waals surface area contributed by atoms with E-state index >= 15 is 0 Å². The quantitative estimate of drug-likeness (QED) is 0.792. The molecule has 1 aliphatic rings. The third kappa shape index (κ3) is 2.92. The van der Waals surface area contributed by atoms with Crippen LogP contribution in [0.15, 0.2) is 28.9 Å². The number of aromatic nitrogens is 3. The van der Waals surface area contributed by atoms with Crippen molar-refractivity contribution in [2.75, 3.05) is 6.54 Å². The van der Waals surface area contributed by atoms with Crippen molar-refractivity contribution < 1.29 is 9.32 Å². The number of aryl methyl sites for hydroxylation is 2. The third-order valence-corrected chi connectivity index (χ3v) is 4.92. The minimum atomic E-state index is -0.0657. The van der Waals surface area contributed by atoms with E-state index in [4.69, 9.17) is 4.52 Å². The molecule has 1 aromatic carbocycles. The summed E-state index contributed by atoms with van der Waals surface area (Å²) < 4.78 is 5.22. The number of hydrogen-bond acceptors (Lipinski definition) is 4. The van der Waals surface area contributed by atoms with Crippen LogP contribution in [0.3, 0.4) is 0 Å². The Morgan fingerprint density at radius 2 is 2.32 bits per heavy atom. The van der Waals surface area contributed by atoms with Gasteiger partial charge in [-0.3, -0.25) is 4.79 Å². The summed E-state index contributed by atoms with van der Waals surface area (Å²) in [7, 11) is 0. The topological polar surface area (TPSA) is 75.0 Å². The molecule has 130 valence electrons. The normalized spacial score (nSPS) is 17.5. The number of hydrogen-bond donors (Lipinski definition) is 1. The lowest BCUT2D eigenvalue weighted by molar-refractivity contribution is -0.131. The van der Waals surface area contributed by atoms with Gasteiger partial charge in [-0.2, -0.15) is 4.98 Å². The highest BCUT2D eigenvalue weighted by molar-refractivity contribution is 5.89. The van der Waals surface area contributed by atoms with Crippen LogP contribution in [-0.4, -0.2) is 32.5 Å². The molecule has 0 aliphatic carbocycles. The van der Waals surface area contributed by atoms with Crippen molar-refractivity contribution in [1.82, 2.24) is 20.0 Å². The summed E-state index contributed by atoms with van der Waals surface area (Å²) in [6.45, 7) is 4.80. The maximum atomic E-state index is 12.9. The van der Waals surface area contributed by atoms with Crippen LogP contribution in [0.2, 0.25) is 0 Å². The first kappa shape index (κ1) is 15.9. The summed E-state index contributed by atoms with van der Waals surface area (Å²) in [5.41, 5.74) is 3.32. The summed E-state index contributed by atoms with van der Waals surface area (Å²) in [6, 6.07) is 6.20. The highest BCUT2D eigenvalue weighted by Crippen LogP contribution is 2.31. The zero-order valence-corrected chi connectivity index (χ0v) is 14.6. The molecule has 0 spiro atoms. The first-order valence-corrected chi connectivity index (χ1v) is 8.84. The molecular formula is C19H22N4O2. The lowest BCUT2D eigenvalue weighted by Crippen LogP contribution is -2.32. The summed E-state index contributed by atoms with van der Waals surface area (Å²) in [5.74, 6) is 1.38. The van der Waals surface area contributed by atoms with Crippen LogP contribution in [0.5, 0.6) is 0 Å². The Labute approximate surface area is 146 Å². The van der Waals surface area contributed by atoms with Gasteiger partial charge < -0.3 is 14.4 Å². The molecule has 25 heavy (non-hydrogen) atoms. The van der Waals surface area contributed by atoms with Gasteiger partial charge in [-0.1, -0.05) is 24.2 Å². The number of likely N-dealkylation sites (tertiary alicyclic amines) is 1. The van der Waals surface area contributed by atoms with Crippen LogP contribution in [-0.2, 0) is 17.6 Å². The minimum Gasteiger partial charge on any atom is -0.361 e. The highest BCUT2D eigenvalue weighted by atomic mass is 16.5. The fraction of sp³-hybridized carbons (Fsp3) is 0.421. The van der Waals surface area contributed by atoms with E-state index in [1.54, 1.807) is 0 Å². The molecule has 1 amide bonds.